The summed E-state index contributed by atoms with van der Waals surface area (Å²) in [5.74, 6) is 0. The molecule has 13 heavy (non-hydrogen) atoms. The third kappa shape index (κ3) is 1.49. The molecule has 70 valence electrons. The predicted octanol–water partition coefficient (Wildman–Crippen LogP) is 2.49. The van der Waals surface area contributed by atoms with E-state index in [9.17, 15) is 5.11 Å². The molecular formula is C12H16O. The summed E-state index contributed by atoms with van der Waals surface area (Å²) in [5, 5.41) is 9.71. The minimum absolute atomic E-state index is 0.199. The second-order valence-electron chi connectivity index (χ2n) is 4.78. The molecule has 0 spiro atoms. The summed E-state index contributed by atoms with van der Waals surface area (Å²) in [6, 6.07) is 10.5. The normalized spacial score (nSPS) is 38.4. The standard InChI is InChI=1S/C12H16O/c1-11(8-12(2,13)9-11)10-6-4-3-5-7-10/h3-7,13H,8-9H2,1-2H3. The average molecular weight is 176 g/mol. The first kappa shape index (κ1) is 8.76. The summed E-state index contributed by atoms with van der Waals surface area (Å²) >= 11 is 0. The van der Waals surface area contributed by atoms with Gasteiger partial charge in [0.1, 0.15) is 0 Å². The Labute approximate surface area is 79.4 Å². The zero-order chi connectivity index (χ0) is 9.53. The van der Waals surface area contributed by atoms with Crippen LogP contribution in [0.4, 0.5) is 0 Å². The lowest BCUT2D eigenvalue weighted by atomic mass is 9.58. The first-order valence-corrected chi connectivity index (χ1v) is 4.80. The van der Waals surface area contributed by atoms with Crippen molar-refractivity contribution in [1.29, 1.82) is 0 Å². The zero-order valence-corrected chi connectivity index (χ0v) is 8.25. The van der Waals surface area contributed by atoms with Crippen LogP contribution >= 0.6 is 0 Å². The second-order valence-corrected chi connectivity index (χ2v) is 4.78. The van der Waals surface area contributed by atoms with Gasteiger partial charge in [-0.25, -0.2) is 0 Å². The van der Waals surface area contributed by atoms with E-state index in [1.54, 1.807) is 0 Å². The maximum Gasteiger partial charge on any atom is 0.0636 e. The quantitative estimate of drug-likeness (QED) is 0.697. The SMILES string of the molecule is CC1(O)CC(C)(c2ccccc2)C1. The topological polar surface area (TPSA) is 20.2 Å². The van der Waals surface area contributed by atoms with E-state index in [2.05, 4.69) is 31.2 Å². The molecule has 0 atom stereocenters. The Morgan fingerprint density at radius 2 is 1.62 bits per heavy atom. The van der Waals surface area contributed by atoms with E-state index < -0.39 is 5.60 Å². The molecule has 0 aromatic heterocycles. The number of hydrogen-bond donors (Lipinski definition) is 1. The maximum absolute atomic E-state index is 9.71. The van der Waals surface area contributed by atoms with Crippen LogP contribution in [0.1, 0.15) is 32.3 Å². The molecule has 0 radical (unpaired) electrons. The van der Waals surface area contributed by atoms with Crippen LogP contribution < -0.4 is 0 Å². The van der Waals surface area contributed by atoms with Crippen molar-refractivity contribution in [3.8, 4) is 0 Å². The predicted molar refractivity (Wildman–Crippen MR) is 53.7 cm³/mol. The van der Waals surface area contributed by atoms with Crippen molar-refractivity contribution in [3.63, 3.8) is 0 Å². The van der Waals surface area contributed by atoms with Crippen LogP contribution in [0.3, 0.4) is 0 Å². The van der Waals surface area contributed by atoms with Gasteiger partial charge in [0.15, 0.2) is 0 Å². The molecule has 1 N–H and O–H groups in total. The van der Waals surface area contributed by atoms with Crippen molar-refractivity contribution in [2.24, 2.45) is 0 Å². The molecule has 1 aliphatic carbocycles. The highest BCUT2D eigenvalue weighted by Crippen LogP contribution is 2.49. The van der Waals surface area contributed by atoms with E-state index in [4.69, 9.17) is 0 Å². The molecule has 1 aromatic carbocycles. The van der Waals surface area contributed by atoms with Gasteiger partial charge in [0.05, 0.1) is 5.60 Å². The van der Waals surface area contributed by atoms with Crippen LogP contribution in [0, 0.1) is 0 Å². The second kappa shape index (κ2) is 2.58. The van der Waals surface area contributed by atoms with Gasteiger partial charge in [0, 0.05) is 0 Å². The smallest absolute Gasteiger partial charge is 0.0636 e. The number of rotatable bonds is 1. The van der Waals surface area contributed by atoms with Crippen molar-refractivity contribution < 1.29 is 5.11 Å². The molecule has 1 heteroatoms. The molecule has 2 rings (SSSR count). The van der Waals surface area contributed by atoms with Gasteiger partial charge in [-0.2, -0.15) is 0 Å². The van der Waals surface area contributed by atoms with Crippen molar-refractivity contribution in [3.05, 3.63) is 35.9 Å². The molecule has 0 saturated heterocycles. The zero-order valence-electron chi connectivity index (χ0n) is 8.25. The third-order valence-electron chi connectivity index (χ3n) is 3.01. The number of aliphatic hydroxyl groups is 1. The first-order valence-electron chi connectivity index (χ1n) is 4.80. The van der Waals surface area contributed by atoms with Gasteiger partial charge in [-0.15, -0.1) is 0 Å². The molecule has 1 nitrogen and oxygen atoms in total. The summed E-state index contributed by atoms with van der Waals surface area (Å²) in [6.45, 7) is 4.14. The lowest BCUT2D eigenvalue weighted by molar-refractivity contribution is -0.0691. The molecule has 0 amide bonds. The lowest BCUT2D eigenvalue weighted by Gasteiger charge is -2.50. The summed E-state index contributed by atoms with van der Waals surface area (Å²) in [7, 11) is 0. The lowest BCUT2D eigenvalue weighted by Crippen LogP contribution is -2.50. The molecule has 1 saturated carbocycles. The van der Waals surface area contributed by atoms with Crippen LogP contribution in [-0.4, -0.2) is 10.7 Å². The molecule has 0 heterocycles. The number of benzene rings is 1. The Kier molecular flexibility index (Phi) is 1.74. The van der Waals surface area contributed by atoms with Gasteiger partial charge in [-0.1, -0.05) is 37.3 Å². The van der Waals surface area contributed by atoms with Crippen LogP contribution in [0.25, 0.3) is 0 Å². The Bertz CT molecular complexity index is 292. The minimum atomic E-state index is -0.440. The fourth-order valence-electron chi connectivity index (χ4n) is 2.67. The fourth-order valence-corrected chi connectivity index (χ4v) is 2.67. The van der Waals surface area contributed by atoms with Crippen molar-refractivity contribution in [2.45, 2.75) is 37.7 Å². The fraction of sp³-hybridized carbons (Fsp3) is 0.500. The molecule has 0 unspecified atom stereocenters. The van der Waals surface area contributed by atoms with E-state index >= 15 is 0 Å². The van der Waals surface area contributed by atoms with Gasteiger partial charge in [-0.3, -0.25) is 0 Å². The van der Waals surface area contributed by atoms with Crippen LogP contribution in [-0.2, 0) is 5.41 Å². The Hall–Kier alpha value is -0.820. The average Bonchev–Trinajstić information content (AvgIpc) is 2.02. The molecule has 1 aromatic rings. The molecule has 0 aliphatic heterocycles. The Morgan fingerprint density at radius 3 is 2.08 bits per heavy atom. The molecule has 0 bridgehead atoms. The maximum atomic E-state index is 9.71. The van der Waals surface area contributed by atoms with E-state index in [0.717, 1.165) is 12.8 Å². The van der Waals surface area contributed by atoms with E-state index in [-0.39, 0.29) is 5.41 Å². The van der Waals surface area contributed by atoms with Crippen LogP contribution in [0.5, 0.6) is 0 Å². The highest BCUT2D eigenvalue weighted by atomic mass is 16.3. The highest BCUT2D eigenvalue weighted by molar-refractivity contribution is 5.29. The monoisotopic (exact) mass is 176 g/mol. The van der Waals surface area contributed by atoms with Gasteiger partial charge in [0.25, 0.3) is 0 Å². The molecule has 1 aliphatic rings. The van der Waals surface area contributed by atoms with Crippen LogP contribution in [0.2, 0.25) is 0 Å². The van der Waals surface area contributed by atoms with Crippen molar-refractivity contribution >= 4 is 0 Å². The first-order chi connectivity index (χ1) is 6.02. The van der Waals surface area contributed by atoms with E-state index in [1.807, 2.05) is 13.0 Å². The third-order valence-corrected chi connectivity index (χ3v) is 3.01. The summed E-state index contributed by atoms with van der Waals surface area (Å²) < 4.78 is 0. The van der Waals surface area contributed by atoms with Crippen molar-refractivity contribution in [1.82, 2.24) is 0 Å². The largest absolute Gasteiger partial charge is 0.390 e. The van der Waals surface area contributed by atoms with Gasteiger partial charge in [0.2, 0.25) is 0 Å². The van der Waals surface area contributed by atoms with Gasteiger partial charge >= 0.3 is 0 Å². The summed E-state index contributed by atoms with van der Waals surface area (Å²) in [4.78, 5) is 0. The highest BCUT2D eigenvalue weighted by Gasteiger charge is 2.48. The van der Waals surface area contributed by atoms with E-state index in [0.29, 0.717) is 0 Å². The molecular weight excluding hydrogens is 160 g/mol. The van der Waals surface area contributed by atoms with Crippen molar-refractivity contribution in [2.75, 3.05) is 0 Å². The summed E-state index contributed by atoms with van der Waals surface area (Å²) in [5.41, 5.74) is 1.11. The van der Waals surface area contributed by atoms with Crippen LogP contribution in [0.15, 0.2) is 30.3 Å². The number of hydrogen-bond acceptors (Lipinski definition) is 1. The summed E-state index contributed by atoms with van der Waals surface area (Å²) in [6.07, 6.45) is 1.76. The van der Waals surface area contributed by atoms with Gasteiger partial charge in [-0.05, 0) is 30.7 Å². The van der Waals surface area contributed by atoms with Gasteiger partial charge < -0.3 is 5.11 Å². The Morgan fingerprint density at radius 1 is 1.08 bits per heavy atom. The minimum Gasteiger partial charge on any atom is -0.390 e. The van der Waals surface area contributed by atoms with E-state index in [1.165, 1.54) is 5.56 Å². The molecule has 1 fully saturated rings. The Balaban J connectivity index is 2.21.